The van der Waals surface area contributed by atoms with Gasteiger partial charge in [0.15, 0.2) is 0 Å². The summed E-state index contributed by atoms with van der Waals surface area (Å²) in [4.78, 5) is 0. The number of hydrogen-bond acceptors (Lipinski definition) is 1. The van der Waals surface area contributed by atoms with Crippen molar-refractivity contribution in [1.82, 2.24) is 0 Å². The molecule has 0 N–H and O–H groups in total. The van der Waals surface area contributed by atoms with Crippen LogP contribution >= 0.6 is 0 Å². The van der Waals surface area contributed by atoms with E-state index in [9.17, 15) is 0 Å². The van der Waals surface area contributed by atoms with Crippen LogP contribution in [-0.2, 0) is 4.74 Å². The molecule has 1 aromatic rings. The quantitative estimate of drug-likeness (QED) is 0.700. The smallest absolute Gasteiger partial charge is 0.128 e. The Morgan fingerprint density at radius 2 is 1.85 bits per heavy atom. The van der Waals surface area contributed by atoms with Crippen molar-refractivity contribution in [2.24, 2.45) is 0 Å². The topological polar surface area (TPSA) is 9.23 Å². The molecule has 0 amide bonds. The summed E-state index contributed by atoms with van der Waals surface area (Å²) >= 11 is 0. The molecule has 0 radical (unpaired) electrons. The summed E-state index contributed by atoms with van der Waals surface area (Å²) in [5, 5.41) is 0. The Balaban J connectivity index is 2.14. The zero-order valence-electron chi connectivity index (χ0n) is 12.3. The van der Waals surface area contributed by atoms with Crippen LogP contribution in [0.25, 0.3) is 0 Å². The molecular weight excluding hydrogens is 244 g/mol. The Morgan fingerprint density at radius 3 is 2.55 bits per heavy atom. The van der Waals surface area contributed by atoms with Crippen molar-refractivity contribution in [2.75, 3.05) is 0 Å². The molecule has 1 heterocycles. The van der Waals surface area contributed by atoms with E-state index in [1.807, 2.05) is 6.07 Å². The third-order valence-electron chi connectivity index (χ3n) is 4.23. The molecule has 1 aliphatic heterocycles. The first kappa shape index (κ1) is 13.0. The molecule has 1 unspecified atom stereocenters. The Labute approximate surface area is 121 Å². The van der Waals surface area contributed by atoms with Crippen LogP contribution in [0.1, 0.15) is 32.3 Å². The van der Waals surface area contributed by atoms with Gasteiger partial charge in [0, 0.05) is 11.5 Å². The molecule has 0 bridgehead atoms. The van der Waals surface area contributed by atoms with Crippen molar-refractivity contribution < 1.29 is 4.74 Å². The molecule has 3 rings (SSSR count). The van der Waals surface area contributed by atoms with Crippen molar-refractivity contribution in [3.8, 4) is 0 Å². The maximum absolute atomic E-state index is 6.16. The van der Waals surface area contributed by atoms with Crippen LogP contribution in [-0.4, -0.2) is 5.60 Å². The molecule has 20 heavy (non-hydrogen) atoms. The van der Waals surface area contributed by atoms with Gasteiger partial charge in [-0.1, -0.05) is 49.1 Å². The standard InChI is InChI=1S/C19H20O/c1-13-14(2)19(3,4)20-17-12-8-11-16(18(13)17)15-9-6-5-7-10-15/h5-12,16H,2H2,1,3-4H3. The predicted molar refractivity (Wildman–Crippen MR) is 83.4 cm³/mol. The van der Waals surface area contributed by atoms with Gasteiger partial charge in [-0.3, -0.25) is 0 Å². The average Bonchev–Trinajstić information content (AvgIpc) is 2.45. The molecule has 2 aliphatic rings. The van der Waals surface area contributed by atoms with E-state index in [4.69, 9.17) is 4.74 Å². The lowest BCUT2D eigenvalue weighted by atomic mass is 9.78. The highest BCUT2D eigenvalue weighted by molar-refractivity contribution is 5.56. The molecule has 1 heteroatoms. The van der Waals surface area contributed by atoms with E-state index in [0.29, 0.717) is 0 Å². The van der Waals surface area contributed by atoms with Crippen LogP contribution in [0.15, 0.2) is 77.6 Å². The molecule has 0 saturated heterocycles. The van der Waals surface area contributed by atoms with Gasteiger partial charge in [0.25, 0.3) is 0 Å². The minimum Gasteiger partial charge on any atom is -0.483 e. The molecular formula is C19H20O. The monoisotopic (exact) mass is 264 g/mol. The Kier molecular flexibility index (Phi) is 2.93. The second-order valence-corrected chi connectivity index (χ2v) is 5.93. The number of ether oxygens (including phenoxy) is 1. The summed E-state index contributed by atoms with van der Waals surface area (Å²) in [5.41, 5.74) is 4.54. The summed E-state index contributed by atoms with van der Waals surface area (Å²) < 4.78 is 6.16. The second kappa shape index (κ2) is 4.52. The molecule has 0 fully saturated rings. The van der Waals surface area contributed by atoms with Gasteiger partial charge in [-0.15, -0.1) is 0 Å². The molecule has 102 valence electrons. The zero-order valence-corrected chi connectivity index (χ0v) is 12.3. The fraction of sp³-hybridized carbons (Fsp3) is 0.263. The van der Waals surface area contributed by atoms with Crippen LogP contribution in [0.5, 0.6) is 0 Å². The maximum Gasteiger partial charge on any atom is 0.128 e. The average molecular weight is 264 g/mol. The first-order valence-electron chi connectivity index (χ1n) is 7.04. The minimum absolute atomic E-state index is 0.254. The van der Waals surface area contributed by atoms with Crippen molar-refractivity contribution in [2.45, 2.75) is 32.3 Å². The van der Waals surface area contributed by atoms with Gasteiger partial charge in [-0.05, 0) is 43.6 Å². The van der Waals surface area contributed by atoms with Gasteiger partial charge in [-0.2, -0.15) is 0 Å². The summed E-state index contributed by atoms with van der Waals surface area (Å²) in [7, 11) is 0. The molecule has 1 atom stereocenters. The number of fused-ring (bicyclic) bond motifs is 1. The second-order valence-electron chi connectivity index (χ2n) is 5.93. The van der Waals surface area contributed by atoms with Gasteiger partial charge in [0.2, 0.25) is 0 Å². The van der Waals surface area contributed by atoms with Gasteiger partial charge in [0.1, 0.15) is 11.4 Å². The largest absolute Gasteiger partial charge is 0.483 e. The molecule has 0 saturated carbocycles. The van der Waals surface area contributed by atoms with Crippen molar-refractivity contribution in [3.63, 3.8) is 0 Å². The van der Waals surface area contributed by atoms with Gasteiger partial charge >= 0.3 is 0 Å². The highest BCUT2D eigenvalue weighted by Gasteiger charge is 2.36. The van der Waals surface area contributed by atoms with E-state index in [-0.39, 0.29) is 11.5 Å². The Bertz CT molecular complexity index is 642. The number of rotatable bonds is 1. The highest BCUT2D eigenvalue weighted by Crippen LogP contribution is 2.45. The highest BCUT2D eigenvalue weighted by atomic mass is 16.5. The van der Waals surface area contributed by atoms with E-state index in [2.05, 4.69) is 69.8 Å². The molecule has 0 spiro atoms. The van der Waals surface area contributed by atoms with Gasteiger partial charge < -0.3 is 4.74 Å². The van der Waals surface area contributed by atoms with E-state index in [1.54, 1.807) is 0 Å². The van der Waals surface area contributed by atoms with Crippen LogP contribution in [0.4, 0.5) is 0 Å². The molecule has 1 nitrogen and oxygen atoms in total. The van der Waals surface area contributed by atoms with E-state index in [1.165, 1.54) is 16.7 Å². The molecule has 1 aliphatic carbocycles. The summed E-state index contributed by atoms with van der Waals surface area (Å²) in [6.45, 7) is 10.5. The van der Waals surface area contributed by atoms with E-state index < -0.39 is 0 Å². The fourth-order valence-electron chi connectivity index (χ4n) is 2.99. The van der Waals surface area contributed by atoms with Crippen LogP contribution in [0.3, 0.4) is 0 Å². The predicted octanol–water partition coefficient (Wildman–Crippen LogP) is 4.91. The number of benzene rings is 1. The van der Waals surface area contributed by atoms with Gasteiger partial charge in [-0.25, -0.2) is 0 Å². The van der Waals surface area contributed by atoms with E-state index >= 15 is 0 Å². The third kappa shape index (κ3) is 1.94. The maximum atomic E-state index is 6.16. The van der Waals surface area contributed by atoms with Crippen molar-refractivity contribution in [1.29, 1.82) is 0 Å². The molecule has 0 aromatic heterocycles. The summed E-state index contributed by atoms with van der Waals surface area (Å²) in [6, 6.07) is 10.5. The first-order chi connectivity index (χ1) is 9.50. The minimum atomic E-state index is -0.328. The molecule has 1 aromatic carbocycles. The number of hydrogen-bond donors (Lipinski definition) is 0. The third-order valence-corrected chi connectivity index (χ3v) is 4.23. The number of allylic oxidation sites excluding steroid dienone is 4. The van der Waals surface area contributed by atoms with Gasteiger partial charge in [0.05, 0.1) is 0 Å². The van der Waals surface area contributed by atoms with E-state index in [0.717, 1.165) is 11.3 Å². The fourth-order valence-corrected chi connectivity index (χ4v) is 2.99. The van der Waals surface area contributed by atoms with Crippen molar-refractivity contribution >= 4 is 0 Å². The lowest BCUT2D eigenvalue weighted by Gasteiger charge is -2.40. The SMILES string of the molecule is C=C1C(C)=C2C(=CC=CC2c2ccccc2)OC1(C)C. The van der Waals surface area contributed by atoms with Crippen molar-refractivity contribution in [3.05, 3.63) is 83.2 Å². The zero-order chi connectivity index (χ0) is 14.3. The lowest BCUT2D eigenvalue weighted by molar-refractivity contribution is 0.0665. The van der Waals surface area contributed by atoms with Crippen LogP contribution in [0, 0.1) is 0 Å². The first-order valence-corrected chi connectivity index (χ1v) is 7.04. The summed E-state index contributed by atoms with van der Waals surface area (Å²) in [6.07, 6.45) is 6.38. The van der Waals surface area contributed by atoms with Crippen LogP contribution < -0.4 is 0 Å². The normalized spacial score (nSPS) is 24.1. The van der Waals surface area contributed by atoms with Crippen LogP contribution in [0.2, 0.25) is 0 Å². The Hall–Kier alpha value is -2.02. The Morgan fingerprint density at radius 1 is 1.15 bits per heavy atom. The lowest BCUT2D eigenvalue weighted by Crippen LogP contribution is -2.33. The summed E-state index contributed by atoms with van der Waals surface area (Å²) in [5.74, 6) is 1.24.